The second kappa shape index (κ2) is 7.07. The standard InChI is InChI=1S/C20H22FN5O2S/c1-11-5-6-26(24-11)13-3-4-15(17(27)8-13)19-22-23-20(29-19)28-14-7-12-10-25(2)16(9-14)18(12)21/h3-6,8,12,14,16,18,27H,7,9-10H2,1-2H3. The van der Waals surface area contributed by atoms with Crippen molar-refractivity contribution in [1.29, 1.82) is 0 Å². The van der Waals surface area contributed by atoms with Gasteiger partial charge in [0.2, 0.25) is 0 Å². The molecule has 2 aliphatic rings. The van der Waals surface area contributed by atoms with E-state index >= 15 is 0 Å². The lowest BCUT2D eigenvalue weighted by Crippen LogP contribution is -2.40. The molecule has 1 aromatic carbocycles. The summed E-state index contributed by atoms with van der Waals surface area (Å²) in [5.41, 5.74) is 2.26. The zero-order chi connectivity index (χ0) is 20.1. The molecule has 3 aromatic rings. The summed E-state index contributed by atoms with van der Waals surface area (Å²) in [7, 11) is 1.97. The Morgan fingerprint density at radius 2 is 2.10 bits per heavy atom. The Morgan fingerprint density at radius 1 is 1.24 bits per heavy atom. The van der Waals surface area contributed by atoms with Crippen molar-refractivity contribution in [3.8, 4) is 27.2 Å². The van der Waals surface area contributed by atoms with Crippen LogP contribution in [0, 0.1) is 12.8 Å². The number of fused-ring (bicyclic) bond motifs is 2. The Hall–Kier alpha value is -2.52. The van der Waals surface area contributed by atoms with Gasteiger partial charge in [0, 0.05) is 37.2 Å². The molecule has 4 unspecified atom stereocenters. The first-order chi connectivity index (χ1) is 14.0. The Kier molecular flexibility index (Phi) is 4.51. The minimum Gasteiger partial charge on any atom is -0.507 e. The fraction of sp³-hybridized carbons (Fsp3) is 0.450. The van der Waals surface area contributed by atoms with Crippen molar-refractivity contribution in [2.24, 2.45) is 5.92 Å². The van der Waals surface area contributed by atoms with Gasteiger partial charge in [0.05, 0.1) is 16.9 Å². The quantitative estimate of drug-likeness (QED) is 0.705. The van der Waals surface area contributed by atoms with Crippen molar-refractivity contribution >= 4 is 11.3 Å². The van der Waals surface area contributed by atoms with Gasteiger partial charge >= 0.3 is 0 Å². The van der Waals surface area contributed by atoms with E-state index in [1.807, 2.05) is 32.3 Å². The molecule has 1 aliphatic heterocycles. The molecule has 0 radical (unpaired) electrons. The third kappa shape index (κ3) is 3.38. The minimum absolute atomic E-state index is 0.0265. The predicted molar refractivity (Wildman–Crippen MR) is 107 cm³/mol. The van der Waals surface area contributed by atoms with Crippen molar-refractivity contribution in [3.63, 3.8) is 0 Å². The van der Waals surface area contributed by atoms with E-state index in [9.17, 15) is 9.50 Å². The van der Waals surface area contributed by atoms with Gasteiger partial charge in [0.25, 0.3) is 5.19 Å². The van der Waals surface area contributed by atoms with E-state index in [4.69, 9.17) is 4.74 Å². The highest BCUT2D eigenvalue weighted by Gasteiger charge is 2.47. The molecule has 9 heteroatoms. The number of aromatic hydroxyl groups is 1. The van der Waals surface area contributed by atoms with Gasteiger partial charge in [0.15, 0.2) is 5.01 Å². The molecular formula is C20H22FN5O2S. The van der Waals surface area contributed by atoms with Crippen molar-refractivity contribution in [2.75, 3.05) is 13.6 Å². The number of likely N-dealkylation sites (tertiary alicyclic amines) is 1. The van der Waals surface area contributed by atoms with Crippen LogP contribution in [0.1, 0.15) is 18.5 Å². The zero-order valence-corrected chi connectivity index (χ0v) is 17.0. The molecule has 0 amide bonds. The summed E-state index contributed by atoms with van der Waals surface area (Å²) in [6, 6.07) is 7.16. The van der Waals surface area contributed by atoms with E-state index in [0.29, 0.717) is 28.6 Å². The van der Waals surface area contributed by atoms with Gasteiger partial charge in [-0.25, -0.2) is 9.07 Å². The zero-order valence-electron chi connectivity index (χ0n) is 16.2. The summed E-state index contributed by atoms with van der Waals surface area (Å²) in [5.74, 6) is 0.134. The molecule has 0 spiro atoms. The van der Waals surface area contributed by atoms with Gasteiger partial charge in [0.1, 0.15) is 18.0 Å². The van der Waals surface area contributed by atoms with Gasteiger partial charge in [-0.2, -0.15) is 5.10 Å². The number of halogens is 1. The summed E-state index contributed by atoms with van der Waals surface area (Å²) in [6.45, 7) is 2.69. The number of alkyl halides is 1. The molecule has 1 N–H and O–H groups in total. The topological polar surface area (TPSA) is 76.3 Å². The lowest BCUT2D eigenvalue weighted by atomic mass is 9.86. The lowest BCUT2D eigenvalue weighted by Gasteiger charge is -2.30. The summed E-state index contributed by atoms with van der Waals surface area (Å²) in [5, 5.41) is 24.2. The van der Waals surface area contributed by atoms with Crippen molar-refractivity contribution in [2.45, 2.75) is 38.1 Å². The number of phenols is 1. The Morgan fingerprint density at radius 3 is 2.83 bits per heavy atom. The Labute approximate surface area is 171 Å². The number of aromatic nitrogens is 4. The van der Waals surface area contributed by atoms with Crippen LogP contribution in [0.25, 0.3) is 16.3 Å². The van der Waals surface area contributed by atoms with Gasteiger partial charge in [-0.05, 0) is 38.6 Å². The fourth-order valence-electron chi connectivity index (χ4n) is 4.39. The second-order valence-electron chi connectivity index (χ2n) is 7.90. The fourth-order valence-corrected chi connectivity index (χ4v) is 5.18. The molecular weight excluding hydrogens is 393 g/mol. The maximum atomic E-state index is 14.3. The largest absolute Gasteiger partial charge is 0.507 e. The summed E-state index contributed by atoms with van der Waals surface area (Å²) < 4.78 is 22.0. The predicted octanol–water partition coefficient (Wildman–Crippen LogP) is 3.21. The SMILES string of the molecule is Cc1ccn(-c2ccc(-c3nnc(OC4CC5CN(C)C(C4)C5F)s3)c(O)c2)n1. The van der Waals surface area contributed by atoms with E-state index in [1.165, 1.54) is 11.3 Å². The molecule has 29 heavy (non-hydrogen) atoms. The van der Waals surface area contributed by atoms with E-state index in [-0.39, 0.29) is 23.8 Å². The molecule has 7 nitrogen and oxygen atoms in total. The average molecular weight is 415 g/mol. The van der Waals surface area contributed by atoms with Crippen LogP contribution < -0.4 is 4.74 Å². The molecule has 2 fully saturated rings. The van der Waals surface area contributed by atoms with Crippen molar-refractivity contribution in [1.82, 2.24) is 24.9 Å². The van der Waals surface area contributed by atoms with Crippen LogP contribution in [0.3, 0.4) is 0 Å². The van der Waals surface area contributed by atoms with E-state index < -0.39 is 6.17 Å². The van der Waals surface area contributed by atoms with Crippen LogP contribution in [0.5, 0.6) is 10.9 Å². The first kappa shape index (κ1) is 18.5. The van der Waals surface area contributed by atoms with E-state index in [2.05, 4.69) is 20.2 Å². The highest BCUT2D eigenvalue weighted by Crippen LogP contribution is 2.40. The Balaban J connectivity index is 1.31. The van der Waals surface area contributed by atoms with Crippen LogP contribution in [-0.4, -0.2) is 61.9 Å². The number of aryl methyl sites for hydroxylation is 1. The van der Waals surface area contributed by atoms with Crippen LogP contribution in [-0.2, 0) is 0 Å². The van der Waals surface area contributed by atoms with Crippen LogP contribution in [0.4, 0.5) is 4.39 Å². The van der Waals surface area contributed by atoms with Gasteiger partial charge in [-0.15, -0.1) is 5.10 Å². The minimum atomic E-state index is -0.765. The monoisotopic (exact) mass is 415 g/mol. The molecule has 2 aromatic heterocycles. The number of nitrogens with zero attached hydrogens (tertiary/aromatic N) is 5. The summed E-state index contributed by atoms with van der Waals surface area (Å²) >= 11 is 1.29. The third-order valence-electron chi connectivity index (χ3n) is 5.85. The number of phenolic OH excluding ortho intramolecular Hbond substituents is 1. The first-order valence-corrected chi connectivity index (χ1v) is 10.5. The van der Waals surface area contributed by atoms with E-state index in [0.717, 1.165) is 17.9 Å². The van der Waals surface area contributed by atoms with Crippen LogP contribution >= 0.6 is 11.3 Å². The smallest absolute Gasteiger partial charge is 0.294 e. The normalized spacial score (nSPS) is 26.7. The molecule has 152 valence electrons. The van der Waals surface area contributed by atoms with Crippen LogP contribution in [0.15, 0.2) is 30.5 Å². The third-order valence-corrected chi connectivity index (χ3v) is 6.70. The first-order valence-electron chi connectivity index (χ1n) is 9.68. The summed E-state index contributed by atoms with van der Waals surface area (Å²) in [4.78, 5) is 2.09. The Bertz CT molecular complexity index is 1040. The molecule has 5 rings (SSSR count). The molecule has 1 saturated carbocycles. The molecule has 1 saturated heterocycles. The number of rotatable bonds is 4. The molecule has 1 aliphatic carbocycles. The second-order valence-corrected chi connectivity index (χ2v) is 8.84. The number of hydrogen-bond acceptors (Lipinski definition) is 7. The maximum absolute atomic E-state index is 14.3. The highest BCUT2D eigenvalue weighted by molar-refractivity contribution is 7.16. The molecule has 2 bridgehead atoms. The molecule has 4 atom stereocenters. The number of benzene rings is 1. The average Bonchev–Trinajstić information content (AvgIpc) is 3.35. The van der Waals surface area contributed by atoms with Crippen molar-refractivity contribution in [3.05, 3.63) is 36.2 Å². The number of hydrogen-bond donors (Lipinski definition) is 1. The maximum Gasteiger partial charge on any atom is 0.294 e. The van der Waals surface area contributed by atoms with Gasteiger partial charge < -0.3 is 9.84 Å². The van der Waals surface area contributed by atoms with Crippen molar-refractivity contribution < 1.29 is 14.2 Å². The van der Waals surface area contributed by atoms with Gasteiger partial charge in [-0.3, -0.25) is 4.90 Å². The highest BCUT2D eigenvalue weighted by atomic mass is 32.1. The number of ether oxygens (including phenoxy) is 1. The lowest BCUT2D eigenvalue weighted by molar-refractivity contribution is 0.0675. The van der Waals surface area contributed by atoms with Gasteiger partial charge in [-0.1, -0.05) is 16.4 Å². The van der Waals surface area contributed by atoms with Crippen LogP contribution in [0.2, 0.25) is 0 Å². The van der Waals surface area contributed by atoms with E-state index in [1.54, 1.807) is 16.8 Å². The summed E-state index contributed by atoms with van der Waals surface area (Å²) in [6.07, 6.45) is 2.38. The molecule has 3 heterocycles.